The van der Waals surface area contributed by atoms with E-state index in [-0.39, 0.29) is 21.7 Å². The molecular weight excluding hydrogens is 434 g/mol. The van der Waals surface area contributed by atoms with Gasteiger partial charge in [0.25, 0.3) is 5.91 Å². The predicted octanol–water partition coefficient (Wildman–Crippen LogP) is 2.14. The lowest BCUT2D eigenvalue weighted by molar-refractivity contribution is -0.160. The number of aromatic nitrogens is 1. The molecule has 3 rings (SSSR count). The van der Waals surface area contributed by atoms with Crippen molar-refractivity contribution in [1.82, 2.24) is 14.6 Å². The van der Waals surface area contributed by atoms with E-state index in [1.807, 2.05) is 0 Å². The highest BCUT2D eigenvalue weighted by Gasteiger charge is 2.39. The van der Waals surface area contributed by atoms with Crippen molar-refractivity contribution < 1.29 is 33.1 Å². The van der Waals surface area contributed by atoms with Crippen LogP contribution in [-0.2, 0) is 30.6 Å². The minimum Gasteiger partial charge on any atom is -0.464 e. The Labute approximate surface area is 180 Å². The summed E-state index contributed by atoms with van der Waals surface area (Å²) in [7, 11) is 2.75. The predicted molar refractivity (Wildman–Crippen MR) is 111 cm³/mol. The molecule has 2 aromatic heterocycles. The van der Waals surface area contributed by atoms with Gasteiger partial charge >= 0.3 is 5.97 Å². The Morgan fingerprint density at radius 1 is 1.23 bits per heavy atom. The van der Waals surface area contributed by atoms with Gasteiger partial charge in [-0.1, -0.05) is 11.8 Å². The van der Waals surface area contributed by atoms with Gasteiger partial charge in [0.15, 0.2) is 9.90 Å². The number of esters is 1. The number of fused-ring (bicyclic) bond motifs is 1. The average molecular weight is 451 g/mol. The lowest BCUT2D eigenvalue weighted by atomic mass is 10.3. The van der Waals surface area contributed by atoms with Crippen molar-refractivity contribution in [2.24, 2.45) is 0 Å². The Bertz CT molecular complexity index is 1100. The lowest BCUT2D eigenvalue weighted by Gasteiger charge is -2.26. The average Bonchev–Trinajstić information content (AvgIpc) is 3.29. The van der Waals surface area contributed by atoms with Gasteiger partial charge in [-0.15, -0.1) is 0 Å². The van der Waals surface area contributed by atoms with Crippen LogP contribution in [0.5, 0.6) is 0 Å². The number of imide groups is 1. The van der Waals surface area contributed by atoms with Gasteiger partial charge < -0.3 is 18.5 Å². The van der Waals surface area contributed by atoms with E-state index in [1.54, 1.807) is 10.6 Å². The fraction of sp³-hybridized carbons (Fsp3) is 0.278. The summed E-state index contributed by atoms with van der Waals surface area (Å²) in [4.78, 5) is 48.4. The minimum absolute atomic E-state index is 0.0460. The van der Waals surface area contributed by atoms with E-state index < -0.39 is 23.7 Å². The van der Waals surface area contributed by atoms with Gasteiger partial charge in [-0.25, -0.2) is 4.79 Å². The molecule has 30 heavy (non-hydrogen) atoms. The smallest absolute Gasteiger partial charge is 0.354 e. The molecule has 0 bridgehead atoms. The summed E-state index contributed by atoms with van der Waals surface area (Å²) in [5, 5.41) is 1.55. The first-order valence-electron chi connectivity index (χ1n) is 8.49. The number of nitrogens with zero attached hydrogens (tertiary/aromatic N) is 3. The molecule has 1 fully saturated rings. The van der Waals surface area contributed by atoms with Crippen molar-refractivity contribution in [3.8, 4) is 0 Å². The van der Waals surface area contributed by atoms with Crippen molar-refractivity contribution in [1.29, 1.82) is 0 Å². The molecule has 0 aliphatic carbocycles. The SMILES string of the molecule is COCn1c(C(=O)OC)cc2oc(/C=C3/SC(=S)N(N(C(C)=O)C(C)=O)C3=O)cc21. The number of carbonyl (C=O) groups excluding carboxylic acids is 4. The van der Waals surface area contributed by atoms with E-state index in [4.69, 9.17) is 26.1 Å². The van der Waals surface area contributed by atoms with Gasteiger partial charge in [-0.05, 0) is 12.2 Å². The summed E-state index contributed by atoms with van der Waals surface area (Å²) in [5.74, 6) is -2.11. The van der Waals surface area contributed by atoms with Crippen molar-refractivity contribution in [2.75, 3.05) is 14.2 Å². The maximum absolute atomic E-state index is 12.8. The van der Waals surface area contributed by atoms with Crippen LogP contribution in [0.25, 0.3) is 17.2 Å². The fourth-order valence-electron chi connectivity index (χ4n) is 2.94. The van der Waals surface area contributed by atoms with Crippen molar-refractivity contribution >= 4 is 69.2 Å². The first-order chi connectivity index (χ1) is 14.2. The van der Waals surface area contributed by atoms with Gasteiger partial charge in [0.2, 0.25) is 11.8 Å². The van der Waals surface area contributed by atoms with Crippen LogP contribution in [0.1, 0.15) is 30.1 Å². The van der Waals surface area contributed by atoms with Gasteiger partial charge in [-0.2, -0.15) is 10.0 Å². The number of furan rings is 1. The molecule has 3 amide bonds. The number of amides is 3. The van der Waals surface area contributed by atoms with Crippen LogP contribution in [0.3, 0.4) is 0 Å². The molecule has 0 N–H and O–H groups in total. The zero-order valence-corrected chi connectivity index (χ0v) is 18.1. The van der Waals surface area contributed by atoms with Crippen molar-refractivity contribution in [2.45, 2.75) is 20.6 Å². The van der Waals surface area contributed by atoms with E-state index in [2.05, 4.69) is 0 Å². The maximum Gasteiger partial charge on any atom is 0.354 e. The molecule has 1 aliphatic rings. The first kappa shape index (κ1) is 21.7. The minimum atomic E-state index is -0.632. The van der Waals surface area contributed by atoms with E-state index >= 15 is 0 Å². The highest BCUT2D eigenvalue weighted by molar-refractivity contribution is 8.26. The third-order valence-electron chi connectivity index (χ3n) is 4.10. The summed E-state index contributed by atoms with van der Waals surface area (Å²) >= 11 is 6.10. The molecular formula is C18H17N3O7S2. The lowest BCUT2D eigenvalue weighted by Crippen LogP contribution is -2.50. The largest absolute Gasteiger partial charge is 0.464 e. The number of hydrogen-bond donors (Lipinski definition) is 0. The van der Waals surface area contributed by atoms with Crippen LogP contribution < -0.4 is 0 Å². The number of ether oxygens (including phenoxy) is 2. The second-order valence-corrected chi connectivity index (χ2v) is 7.78. The zero-order chi connectivity index (χ0) is 22.2. The molecule has 0 aromatic carbocycles. The second kappa shape index (κ2) is 8.42. The van der Waals surface area contributed by atoms with E-state index in [9.17, 15) is 19.2 Å². The molecule has 0 spiro atoms. The third-order valence-corrected chi connectivity index (χ3v) is 5.39. The fourth-order valence-corrected chi connectivity index (χ4v) is 4.16. The molecule has 12 heteroatoms. The highest BCUT2D eigenvalue weighted by Crippen LogP contribution is 2.35. The molecule has 1 saturated heterocycles. The standard InChI is InChI=1S/C18H17N3O7S2/c1-9(22)20(10(2)23)21-16(24)15(30-18(21)29)6-11-5-12-14(28-11)7-13(17(25)27-4)19(12)8-26-3/h5-7H,8H2,1-4H3/b15-6+. The number of hydrazine groups is 1. The Balaban J connectivity index is 1.98. The van der Waals surface area contributed by atoms with Crippen LogP contribution in [0.15, 0.2) is 21.5 Å². The van der Waals surface area contributed by atoms with Crippen LogP contribution in [0.4, 0.5) is 0 Å². The topological polar surface area (TPSA) is 111 Å². The number of thioether (sulfide) groups is 1. The van der Waals surface area contributed by atoms with Crippen LogP contribution in [0.2, 0.25) is 0 Å². The summed E-state index contributed by atoms with van der Waals surface area (Å²) in [6.07, 6.45) is 1.45. The molecule has 158 valence electrons. The van der Waals surface area contributed by atoms with Gasteiger partial charge in [0, 0.05) is 39.2 Å². The normalized spacial score (nSPS) is 15.3. The number of methoxy groups -OCH3 is 2. The summed E-state index contributed by atoms with van der Waals surface area (Å²) in [6.45, 7) is 2.41. The molecule has 0 radical (unpaired) electrons. The van der Waals surface area contributed by atoms with Gasteiger partial charge in [-0.3, -0.25) is 14.4 Å². The van der Waals surface area contributed by atoms with E-state index in [0.29, 0.717) is 21.9 Å². The Kier molecular flexibility index (Phi) is 6.10. The summed E-state index contributed by atoms with van der Waals surface area (Å²) in [5.41, 5.74) is 1.21. The molecule has 1 aliphatic heterocycles. The summed E-state index contributed by atoms with van der Waals surface area (Å²) in [6, 6.07) is 3.14. The van der Waals surface area contributed by atoms with Gasteiger partial charge in [0.05, 0.1) is 17.5 Å². The quantitative estimate of drug-likeness (QED) is 0.383. The second-order valence-electron chi connectivity index (χ2n) is 6.11. The first-order valence-corrected chi connectivity index (χ1v) is 9.71. The maximum atomic E-state index is 12.8. The Morgan fingerprint density at radius 2 is 1.90 bits per heavy atom. The van der Waals surface area contributed by atoms with Crippen LogP contribution in [-0.4, -0.2) is 56.8 Å². The van der Waals surface area contributed by atoms with Crippen LogP contribution >= 0.6 is 24.0 Å². The van der Waals surface area contributed by atoms with Crippen molar-refractivity contribution in [3.63, 3.8) is 0 Å². The van der Waals surface area contributed by atoms with E-state index in [0.717, 1.165) is 30.6 Å². The molecule has 3 heterocycles. The number of hydrogen-bond acceptors (Lipinski definition) is 9. The molecule has 2 aromatic rings. The number of carbonyl (C=O) groups is 4. The molecule has 10 nitrogen and oxygen atoms in total. The van der Waals surface area contributed by atoms with Crippen molar-refractivity contribution in [3.05, 3.63) is 28.5 Å². The zero-order valence-electron chi connectivity index (χ0n) is 16.5. The number of rotatable bonds is 5. The molecule has 0 atom stereocenters. The number of thiocarbonyl (C=S) groups is 1. The van der Waals surface area contributed by atoms with Crippen LogP contribution in [0, 0.1) is 0 Å². The summed E-state index contributed by atoms with van der Waals surface area (Å²) < 4.78 is 17.2. The Hall–Kier alpha value is -2.96. The molecule has 0 saturated carbocycles. The monoisotopic (exact) mass is 451 g/mol. The third kappa shape index (κ3) is 3.76. The molecule has 0 unspecified atom stereocenters. The highest BCUT2D eigenvalue weighted by atomic mass is 32.2. The van der Waals surface area contributed by atoms with Gasteiger partial charge in [0.1, 0.15) is 18.2 Å². The van der Waals surface area contributed by atoms with E-state index in [1.165, 1.54) is 26.4 Å². The Morgan fingerprint density at radius 3 is 2.47 bits per heavy atom.